The first-order valence-corrected chi connectivity index (χ1v) is 10.2. The highest BCUT2D eigenvalue weighted by Gasteiger charge is 2.51. The predicted octanol–water partition coefficient (Wildman–Crippen LogP) is 4.72. The molecule has 1 saturated carbocycles. The minimum Gasteiger partial charge on any atom is -0.454 e. The van der Waals surface area contributed by atoms with Gasteiger partial charge in [-0.1, -0.05) is 36.4 Å². The minimum absolute atomic E-state index is 0.0251. The van der Waals surface area contributed by atoms with E-state index in [9.17, 15) is 4.79 Å². The number of hydrogen-bond donors (Lipinski definition) is 1. The number of nitrogens with zero attached hydrogens (tertiary/aromatic N) is 1. The summed E-state index contributed by atoms with van der Waals surface area (Å²) in [6.07, 6.45) is 6.93. The van der Waals surface area contributed by atoms with Crippen LogP contribution in [-0.2, 0) is 16.6 Å². The molecule has 0 bridgehead atoms. The Kier molecular flexibility index (Phi) is 3.72. The third-order valence-corrected chi connectivity index (χ3v) is 6.18. The smallest absolute Gasteiger partial charge is 0.236 e. The number of benzene rings is 2. The molecule has 30 heavy (non-hydrogen) atoms. The van der Waals surface area contributed by atoms with Crippen LogP contribution < -0.4 is 14.8 Å². The molecule has 148 valence electrons. The zero-order valence-corrected chi connectivity index (χ0v) is 16.4. The summed E-state index contributed by atoms with van der Waals surface area (Å²) in [5.41, 5.74) is 4.92. The van der Waals surface area contributed by atoms with Crippen LogP contribution in [0.3, 0.4) is 0 Å². The average molecular weight is 396 g/mol. The van der Waals surface area contributed by atoms with E-state index >= 15 is 0 Å². The summed E-state index contributed by atoms with van der Waals surface area (Å²) in [5.74, 6) is 1.98. The van der Waals surface area contributed by atoms with E-state index in [0.29, 0.717) is 11.6 Å². The first-order valence-electron chi connectivity index (χ1n) is 10.2. The van der Waals surface area contributed by atoms with Gasteiger partial charge in [0.15, 0.2) is 11.5 Å². The van der Waals surface area contributed by atoms with E-state index in [0.717, 1.165) is 41.8 Å². The predicted molar refractivity (Wildman–Crippen MR) is 115 cm³/mol. The maximum absolute atomic E-state index is 13.2. The first-order chi connectivity index (χ1) is 14.7. The minimum atomic E-state index is -0.517. The lowest BCUT2D eigenvalue weighted by Crippen LogP contribution is -2.28. The lowest BCUT2D eigenvalue weighted by atomic mass is 9.94. The molecule has 0 saturated heterocycles. The van der Waals surface area contributed by atoms with Gasteiger partial charge in [0.25, 0.3) is 0 Å². The fraction of sp³-hybridized carbons (Fsp3) is 0.200. The number of amides is 1. The molecule has 0 spiro atoms. The van der Waals surface area contributed by atoms with Crippen LogP contribution in [0.15, 0.2) is 60.7 Å². The molecule has 1 fully saturated rings. The van der Waals surface area contributed by atoms with E-state index in [-0.39, 0.29) is 12.7 Å². The molecule has 3 aliphatic rings. The van der Waals surface area contributed by atoms with Crippen molar-refractivity contribution in [2.24, 2.45) is 0 Å². The molecular weight excluding hydrogens is 376 g/mol. The summed E-state index contributed by atoms with van der Waals surface area (Å²) < 4.78 is 10.9. The van der Waals surface area contributed by atoms with Gasteiger partial charge in [-0.15, -0.1) is 0 Å². The van der Waals surface area contributed by atoms with Crippen molar-refractivity contribution in [3.05, 3.63) is 77.4 Å². The van der Waals surface area contributed by atoms with Gasteiger partial charge >= 0.3 is 0 Å². The molecule has 3 aromatic rings. The molecule has 0 atom stereocenters. The Hall–Kier alpha value is -3.60. The third kappa shape index (κ3) is 2.77. The lowest BCUT2D eigenvalue weighted by molar-refractivity contribution is -0.118. The number of ether oxygens (including phenoxy) is 2. The Labute approximate surface area is 174 Å². The zero-order valence-electron chi connectivity index (χ0n) is 16.4. The standard InChI is InChI=1S/C25H20N2O3/c28-24(25(11-12-25)19-9-10-21-22(14-19)30-15-29-21)27-23-6-2-5-20(26-23)18-8-7-16-3-1-4-17(16)13-18/h1-2,4-10,13-14H,3,11-12,15H2,(H,26,27,28). The zero-order chi connectivity index (χ0) is 20.1. The molecule has 2 aromatic carbocycles. The Bertz CT molecular complexity index is 1210. The van der Waals surface area contributed by atoms with Crippen molar-refractivity contribution in [3.8, 4) is 22.8 Å². The molecule has 1 aliphatic heterocycles. The molecule has 0 radical (unpaired) electrons. The lowest BCUT2D eigenvalue weighted by Gasteiger charge is -2.16. The number of hydrogen-bond acceptors (Lipinski definition) is 4. The van der Waals surface area contributed by atoms with E-state index in [4.69, 9.17) is 14.5 Å². The van der Waals surface area contributed by atoms with Gasteiger partial charge in [0.05, 0.1) is 11.1 Å². The maximum atomic E-state index is 13.2. The largest absolute Gasteiger partial charge is 0.454 e. The number of pyridine rings is 1. The highest BCUT2D eigenvalue weighted by atomic mass is 16.7. The van der Waals surface area contributed by atoms with Gasteiger partial charge in [0, 0.05) is 5.56 Å². The summed E-state index contributed by atoms with van der Waals surface area (Å²) in [7, 11) is 0. The molecule has 1 aromatic heterocycles. The molecular formula is C25H20N2O3. The normalized spacial score (nSPS) is 16.9. The van der Waals surface area contributed by atoms with Gasteiger partial charge in [0.1, 0.15) is 5.82 Å². The molecule has 0 unspecified atom stereocenters. The molecule has 2 aliphatic carbocycles. The van der Waals surface area contributed by atoms with Crippen LogP contribution in [0.4, 0.5) is 5.82 Å². The Morgan fingerprint density at radius 3 is 2.80 bits per heavy atom. The number of anilines is 1. The second-order valence-corrected chi connectivity index (χ2v) is 8.03. The van der Waals surface area contributed by atoms with Crippen LogP contribution in [0, 0.1) is 0 Å². The number of nitrogens with one attached hydrogen (secondary N) is 1. The maximum Gasteiger partial charge on any atom is 0.236 e. The van der Waals surface area contributed by atoms with Crippen LogP contribution in [-0.4, -0.2) is 17.7 Å². The van der Waals surface area contributed by atoms with Crippen molar-refractivity contribution in [1.29, 1.82) is 0 Å². The number of carbonyl (C=O) groups is 1. The summed E-state index contributed by atoms with van der Waals surface area (Å²) in [6, 6.07) is 17.9. The van der Waals surface area contributed by atoms with Crippen molar-refractivity contribution in [1.82, 2.24) is 4.98 Å². The van der Waals surface area contributed by atoms with E-state index in [1.807, 2.05) is 36.4 Å². The topological polar surface area (TPSA) is 60.5 Å². The van der Waals surface area contributed by atoms with Gasteiger partial charge in [-0.2, -0.15) is 0 Å². The van der Waals surface area contributed by atoms with Crippen LogP contribution >= 0.6 is 0 Å². The molecule has 1 amide bonds. The molecule has 5 nitrogen and oxygen atoms in total. The van der Waals surface area contributed by atoms with Crippen molar-refractivity contribution in [3.63, 3.8) is 0 Å². The van der Waals surface area contributed by atoms with E-state index in [1.54, 1.807) is 0 Å². The first kappa shape index (κ1) is 17.3. The molecule has 5 heteroatoms. The highest BCUT2D eigenvalue weighted by molar-refractivity contribution is 6.01. The molecule has 2 heterocycles. The van der Waals surface area contributed by atoms with E-state index < -0.39 is 5.41 Å². The van der Waals surface area contributed by atoms with Gasteiger partial charge < -0.3 is 14.8 Å². The Balaban J connectivity index is 1.25. The number of carbonyl (C=O) groups excluding carboxylic acids is 1. The fourth-order valence-corrected chi connectivity index (χ4v) is 4.28. The average Bonchev–Trinajstić information content (AvgIpc) is 3.23. The second-order valence-electron chi connectivity index (χ2n) is 8.03. The second kappa shape index (κ2) is 6.46. The Morgan fingerprint density at radius 1 is 1.00 bits per heavy atom. The Morgan fingerprint density at radius 2 is 1.90 bits per heavy atom. The van der Waals surface area contributed by atoms with Crippen molar-refractivity contribution < 1.29 is 14.3 Å². The molecule has 6 rings (SSSR count). The van der Waals surface area contributed by atoms with Gasteiger partial charge in [-0.3, -0.25) is 4.79 Å². The third-order valence-electron chi connectivity index (χ3n) is 6.18. The van der Waals surface area contributed by atoms with Crippen LogP contribution in [0.1, 0.15) is 29.5 Å². The fourth-order valence-electron chi connectivity index (χ4n) is 4.28. The summed E-state index contributed by atoms with van der Waals surface area (Å²) in [6.45, 7) is 0.229. The summed E-state index contributed by atoms with van der Waals surface area (Å²) in [4.78, 5) is 17.9. The quantitative estimate of drug-likeness (QED) is 0.693. The van der Waals surface area contributed by atoms with Gasteiger partial charge in [0.2, 0.25) is 12.7 Å². The molecule has 1 N–H and O–H groups in total. The van der Waals surface area contributed by atoms with Crippen LogP contribution in [0.25, 0.3) is 17.3 Å². The monoisotopic (exact) mass is 396 g/mol. The van der Waals surface area contributed by atoms with Crippen LogP contribution in [0.2, 0.25) is 0 Å². The number of aromatic nitrogens is 1. The number of fused-ring (bicyclic) bond motifs is 2. The van der Waals surface area contributed by atoms with Crippen molar-refractivity contribution in [2.75, 3.05) is 12.1 Å². The SMILES string of the molecule is O=C(Nc1cccc(-c2ccc3c(c2)C=CC3)n1)C1(c2ccc3c(c2)OCO3)CC1. The van der Waals surface area contributed by atoms with Crippen molar-refractivity contribution >= 4 is 17.8 Å². The number of allylic oxidation sites excluding steroid dienone is 1. The van der Waals surface area contributed by atoms with Gasteiger partial charge in [-0.25, -0.2) is 4.98 Å². The van der Waals surface area contributed by atoms with Crippen molar-refractivity contribution in [2.45, 2.75) is 24.7 Å². The van der Waals surface area contributed by atoms with E-state index in [1.165, 1.54) is 11.1 Å². The summed E-state index contributed by atoms with van der Waals surface area (Å²) in [5, 5.41) is 3.04. The number of rotatable bonds is 4. The summed E-state index contributed by atoms with van der Waals surface area (Å²) >= 11 is 0. The van der Waals surface area contributed by atoms with Crippen LogP contribution in [0.5, 0.6) is 11.5 Å². The highest BCUT2D eigenvalue weighted by Crippen LogP contribution is 2.51. The van der Waals surface area contributed by atoms with Gasteiger partial charge in [-0.05, 0) is 66.3 Å². The van der Waals surface area contributed by atoms with E-state index in [2.05, 4.69) is 35.7 Å².